The Bertz CT molecular complexity index is 784. The Morgan fingerprint density at radius 2 is 1.86 bits per heavy atom. The number of fused-ring (bicyclic) bond motifs is 2. The topological polar surface area (TPSA) is 82.1 Å². The highest BCUT2D eigenvalue weighted by molar-refractivity contribution is 6.00. The van der Waals surface area contributed by atoms with Crippen LogP contribution in [0.5, 0.6) is 0 Å². The second-order valence-electron chi connectivity index (χ2n) is 9.31. The van der Waals surface area contributed by atoms with Crippen molar-refractivity contribution in [2.24, 2.45) is 34.5 Å². The SMILES string of the molecule is COC1=C[C@@H](C)[C@@H]2C[C@H]3OC(=O)C=C4[C@@H](C)[C@@H](OC)[C@@H](O)[C@@H]([C@]43C)[C@@]2(C)C1=O. The molecule has 0 amide bonds. The van der Waals surface area contributed by atoms with Crippen LogP contribution in [0.3, 0.4) is 0 Å². The summed E-state index contributed by atoms with van der Waals surface area (Å²) in [6, 6.07) is 0. The Morgan fingerprint density at radius 3 is 2.46 bits per heavy atom. The van der Waals surface area contributed by atoms with Gasteiger partial charge in [0.15, 0.2) is 5.76 Å². The van der Waals surface area contributed by atoms with Gasteiger partial charge in [-0.15, -0.1) is 0 Å². The third-order valence-electron chi connectivity index (χ3n) is 8.27. The molecule has 0 aromatic rings. The van der Waals surface area contributed by atoms with Crippen LogP contribution in [-0.4, -0.2) is 49.4 Å². The van der Waals surface area contributed by atoms with Crippen LogP contribution >= 0.6 is 0 Å². The van der Waals surface area contributed by atoms with Crippen molar-refractivity contribution in [3.05, 3.63) is 23.5 Å². The molecule has 2 fully saturated rings. The largest absolute Gasteiger partial charge is 0.493 e. The molecule has 1 aliphatic heterocycles. The van der Waals surface area contributed by atoms with Crippen LogP contribution < -0.4 is 0 Å². The second-order valence-corrected chi connectivity index (χ2v) is 9.31. The predicted octanol–water partition coefficient (Wildman–Crippen LogP) is 2.26. The van der Waals surface area contributed by atoms with Crippen LogP contribution in [0.4, 0.5) is 0 Å². The van der Waals surface area contributed by atoms with Crippen LogP contribution in [0.15, 0.2) is 23.5 Å². The number of methoxy groups -OCH3 is 2. The predicted molar refractivity (Wildman–Crippen MR) is 101 cm³/mol. The van der Waals surface area contributed by atoms with Gasteiger partial charge in [0.1, 0.15) is 6.10 Å². The lowest BCUT2D eigenvalue weighted by Gasteiger charge is -2.66. The lowest BCUT2D eigenvalue weighted by atomic mass is 9.40. The maximum Gasteiger partial charge on any atom is 0.331 e. The highest BCUT2D eigenvalue weighted by Gasteiger charge is 2.71. The third kappa shape index (κ3) is 2.16. The lowest BCUT2D eigenvalue weighted by molar-refractivity contribution is -0.227. The number of rotatable bonds is 2. The molecule has 4 rings (SSSR count). The molecule has 3 aliphatic carbocycles. The van der Waals surface area contributed by atoms with E-state index in [1.54, 1.807) is 13.2 Å². The summed E-state index contributed by atoms with van der Waals surface area (Å²) in [4.78, 5) is 26.0. The number of Topliss-reactive ketones (excluding diaryl/α,β-unsaturated/α-hetero) is 1. The van der Waals surface area contributed by atoms with E-state index in [9.17, 15) is 14.7 Å². The quantitative estimate of drug-likeness (QED) is 0.729. The molecule has 28 heavy (non-hydrogen) atoms. The minimum absolute atomic E-state index is 0.0582. The highest BCUT2D eigenvalue weighted by atomic mass is 16.5. The summed E-state index contributed by atoms with van der Waals surface area (Å²) in [5.41, 5.74) is -0.549. The number of hydrogen-bond donors (Lipinski definition) is 1. The number of hydrogen-bond acceptors (Lipinski definition) is 6. The molecule has 9 atom stereocenters. The van der Waals surface area contributed by atoms with E-state index in [0.717, 1.165) is 5.57 Å². The molecule has 0 radical (unpaired) electrons. The molecule has 2 saturated carbocycles. The van der Waals surface area contributed by atoms with Crippen molar-refractivity contribution in [2.45, 2.75) is 52.4 Å². The van der Waals surface area contributed by atoms with E-state index in [0.29, 0.717) is 12.2 Å². The van der Waals surface area contributed by atoms with Crippen LogP contribution in [0.25, 0.3) is 0 Å². The van der Waals surface area contributed by atoms with Gasteiger partial charge in [0.05, 0.1) is 19.3 Å². The van der Waals surface area contributed by atoms with Gasteiger partial charge < -0.3 is 19.3 Å². The van der Waals surface area contributed by atoms with Gasteiger partial charge in [-0.25, -0.2) is 4.79 Å². The summed E-state index contributed by atoms with van der Waals surface area (Å²) < 4.78 is 16.9. The van der Waals surface area contributed by atoms with Gasteiger partial charge in [-0.1, -0.05) is 27.7 Å². The zero-order valence-electron chi connectivity index (χ0n) is 17.4. The fourth-order valence-electron chi connectivity index (χ4n) is 7.03. The van der Waals surface area contributed by atoms with Crippen LogP contribution in [0.1, 0.15) is 34.1 Å². The summed E-state index contributed by atoms with van der Waals surface area (Å²) in [6.07, 6.45) is 2.28. The monoisotopic (exact) mass is 390 g/mol. The smallest absolute Gasteiger partial charge is 0.331 e. The van der Waals surface area contributed by atoms with Crippen molar-refractivity contribution in [1.29, 1.82) is 0 Å². The van der Waals surface area contributed by atoms with E-state index in [1.165, 1.54) is 7.11 Å². The summed E-state index contributed by atoms with van der Waals surface area (Å²) in [7, 11) is 3.08. The molecule has 0 saturated heterocycles. The normalized spacial score (nSPS) is 50.0. The van der Waals surface area contributed by atoms with Crippen LogP contribution in [-0.2, 0) is 23.8 Å². The highest BCUT2D eigenvalue weighted by Crippen LogP contribution is 2.67. The number of ketones is 1. The fourth-order valence-corrected chi connectivity index (χ4v) is 7.03. The van der Waals surface area contributed by atoms with E-state index in [2.05, 4.69) is 6.92 Å². The zero-order chi connectivity index (χ0) is 20.6. The van der Waals surface area contributed by atoms with Crippen molar-refractivity contribution in [2.75, 3.05) is 14.2 Å². The number of carbonyl (C=O) groups is 2. The minimum atomic E-state index is -0.860. The molecule has 0 aromatic heterocycles. The molecule has 154 valence electrons. The Kier molecular flexibility index (Phi) is 4.33. The lowest BCUT2D eigenvalue weighted by Crippen LogP contribution is -2.71. The average molecular weight is 390 g/mol. The van der Waals surface area contributed by atoms with Gasteiger partial charge in [0, 0.05) is 35.9 Å². The second kappa shape index (κ2) is 6.17. The Morgan fingerprint density at radius 1 is 1.18 bits per heavy atom. The summed E-state index contributed by atoms with van der Waals surface area (Å²) >= 11 is 0. The van der Waals surface area contributed by atoms with Gasteiger partial charge in [-0.05, 0) is 29.9 Å². The van der Waals surface area contributed by atoms with E-state index in [4.69, 9.17) is 14.2 Å². The first kappa shape index (κ1) is 19.6. The standard InChI is InChI=1S/C22H30O6/c1-10-7-14(26-5)20(25)22(4)12(10)8-15-21(3)13(9-16(23)28-15)11(2)18(27-6)17(24)19(21)22/h7,9-12,15,17-19,24H,8H2,1-6H3/t10-,11-,12+,15-,17-,18-,19+,21-,22+/m1/s1. The van der Waals surface area contributed by atoms with Crippen molar-refractivity contribution in [3.8, 4) is 0 Å². The first-order valence-electron chi connectivity index (χ1n) is 10.1. The molecular formula is C22H30O6. The Hall–Kier alpha value is -1.66. The van der Waals surface area contributed by atoms with Crippen molar-refractivity contribution in [3.63, 3.8) is 0 Å². The van der Waals surface area contributed by atoms with E-state index < -0.39 is 29.0 Å². The fraction of sp³-hybridized carbons (Fsp3) is 0.727. The van der Waals surface area contributed by atoms with Crippen LogP contribution in [0, 0.1) is 34.5 Å². The van der Waals surface area contributed by atoms with Crippen LogP contribution in [0.2, 0.25) is 0 Å². The molecule has 0 aromatic carbocycles. The number of carbonyl (C=O) groups excluding carboxylic acids is 2. The van der Waals surface area contributed by atoms with E-state index in [1.807, 2.05) is 26.8 Å². The molecular weight excluding hydrogens is 360 g/mol. The summed E-state index contributed by atoms with van der Waals surface area (Å²) in [5.74, 6) is -0.671. The molecule has 4 aliphatic rings. The Labute approximate surface area is 165 Å². The number of ether oxygens (including phenoxy) is 3. The van der Waals surface area contributed by atoms with Crippen molar-refractivity contribution in [1.82, 2.24) is 0 Å². The molecule has 6 heteroatoms. The molecule has 6 nitrogen and oxygen atoms in total. The van der Waals surface area contributed by atoms with Crippen molar-refractivity contribution >= 4 is 11.8 Å². The number of aliphatic hydroxyl groups is 1. The maximum atomic E-state index is 13.6. The number of allylic oxidation sites excluding steroid dienone is 2. The molecule has 0 spiro atoms. The Balaban J connectivity index is 1.97. The van der Waals surface area contributed by atoms with Gasteiger partial charge in [-0.2, -0.15) is 0 Å². The van der Waals surface area contributed by atoms with Gasteiger partial charge in [0.25, 0.3) is 0 Å². The van der Waals surface area contributed by atoms with E-state index >= 15 is 0 Å². The minimum Gasteiger partial charge on any atom is -0.493 e. The average Bonchev–Trinajstić information content (AvgIpc) is 2.63. The number of aliphatic hydroxyl groups excluding tert-OH is 1. The molecule has 0 unspecified atom stereocenters. The number of esters is 1. The zero-order valence-corrected chi connectivity index (χ0v) is 17.4. The summed E-state index contributed by atoms with van der Waals surface area (Å²) in [6.45, 7) is 8.02. The van der Waals surface area contributed by atoms with Crippen molar-refractivity contribution < 1.29 is 28.9 Å². The molecule has 0 bridgehead atoms. The third-order valence-corrected chi connectivity index (χ3v) is 8.27. The first-order valence-corrected chi connectivity index (χ1v) is 10.1. The van der Waals surface area contributed by atoms with Gasteiger partial charge in [-0.3, -0.25) is 4.79 Å². The van der Waals surface area contributed by atoms with Gasteiger partial charge in [0.2, 0.25) is 5.78 Å². The maximum absolute atomic E-state index is 13.6. The molecule has 1 heterocycles. The first-order chi connectivity index (χ1) is 13.1. The molecule has 1 N–H and O–H groups in total. The van der Waals surface area contributed by atoms with E-state index in [-0.39, 0.29) is 35.6 Å². The van der Waals surface area contributed by atoms with Gasteiger partial charge >= 0.3 is 5.97 Å². The summed E-state index contributed by atoms with van der Waals surface area (Å²) in [5, 5.41) is 11.5.